The van der Waals surface area contributed by atoms with Crippen molar-refractivity contribution < 1.29 is 9.18 Å². The molecule has 0 unspecified atom stereocenters. The first kappa shape index (κ1) is 15.6. The van der Waals surface area contributed by atoms with Crippen LogP contribution in [0.25, 0.3) is 11.3 Å². The number of carbonyl (C=O) groups excluding carboxylic acids is 1. The minimum absolute atomic E-state index is 0.0806. The fraction of sp³-hybridized carbons (Fsp3) is 0.0588. The molecule has 1 heterocycles. The maximum atomic E-state index is 13.7. The van der Waals surface area contributed by atoms with Crippen molar-refractivity contribution in [3.05, 3.63) is 69.3 Å². The van der Waals surface area contributed by atoms with E-state index in [0.717, 1.165) is 16.3 Å². The number of anilines is 1. The monoisotopic (exact) mass is 346 g/mol. The zero-order valence-electron chi connectivity index (χ0n) is 12.1. The van der Waals surface area contributed by atoms with Crippen LogP contribution in [0.15, 0.2) is 47.8 Å². The van der Waals surface area contributed by atoms with Crippen molar-refractivity contribution in [1.82, 2.24) is 4.98 Å². The number of thiazole rings is 1. The number of benzene rings is 2. The van der Waals surface area contributed by atoms with Gasteiger partial charge in [0.25, 0.3) is 5.91 Å². The van der Waals surface area contributed by atoms with Crippen LogP contribution in [0.5, 0.6) is 0 Å². The van der Waals surface area contributed by atoms with Crippen molar-refractivity contribution in [3.8, 4) is 11.3 Å². The lowest BCUT2D eigenvalue weighted by atomic mass is 10.1. The molecule has 116 valence electrons. The molecule has 0 spiro atoms. The van der Waals surface area contributed by atoms with Gasteiger partial charge in [0.2, 0.25) is 0 Å². The lowest BCUT2D eigenvalue weighted by Crippen LogP contribution is -2.14. The van der Waals surface area contributed by atoms with Crippen LogP contribution in [-0.2, 0) is 0 Å². The molecule has 0 saturated carbocycles. The highest BCUT2D eigenvalue weighted by Crippen LogP contribution is 2.24. The van der Waals surface area contributed by atoms with Crippen molar-refractivity contribution in [1.29, 1.82) is 0 Å². The zero-order chi connectivity index (χ0) is 16.4. The van der Waals surface area contributed by atoms with Gasteiger partial charge in [0.1, 0.15) is 5.82 Å². The number of nitrogens with zero attached hydrogens (tertiary/aromatic N) is 1. The third-order valence-electron chi connectivity index (χ3n) is 3.25. The van der Waals surface area contributed by atoms with E-state index in [0.29, 0.717) is 5.69 Å². The SMILES string of the molecule is Cc1nc(-c2ccc(NC(=O)c3c(F)cccc3Cl)cc2)cs1. The van der Waals surface area contributed by atoms with Crippen LogP contribution in [0.2, 0.25) is 5.02 Å². The highest BCUT2D eigenvalue weighted by Gasteiger charge is 2.15. The van der Waals surface area contributed by atoms with Gasteiger partial charge in [-0.15, -0.1) is 11.3 Å². The molecule has 0 aliphatic rings. The molecule has 1 aromatic heterocycles. The molecule has 0 radical (unpaired) electrons. The summed E-state index contributed by atoms with van der Waals surface area (Å²) in [6.07, 6.45) is 0. The van der Waals surface area contributed by atoms with E-state index in [2.05, 4.69) is 10.3 Å². The first-order valence-corrected chi connectivity index (χ1v) is 8.08. The van der Waals surface area contributed by atoms with Crippen molar-refractivity contribution in [2.24, 2.45) is 0 Å². The minimum atomic E-state index is -0.649. The Morgan fingerprint density at radius 2 is 1.96 bits per heavy atom. The second-order valence-corrected chi connectivity index (χ2v) is 6.35. The summed E-state index contributed by atoms with van der Waals surface area (Å²) in [6.45, 7) is 1.95. The molecular weight excluding hydrogens is 335 g/mol. The number of halogens is 2. The molecule has 1 N–H and O–H groups in total. The second kappa shape index (κ2) is 6.48. The Labute approximate surface area is 141 Å². The molecule has 23 heavy (non-hydrogen) atoms. The standard InChI is InChI=1S/C17H12ClFN2OS/c1-10-20-15(9-23-10)11-5-7-12(8-6-11)21-17(22)16-13(18)3-2-4-14(16)19/h2-9H,1H3,(H,21,22). The van der Waals surface area contributed by atoms with E-state index in [1.807, 2.05) is 24.4 Å². The van der Waals surface area contributed by atoms with Gasteiger partial charge < -0.3 is 5.32 Å². The highest BCUT2D eigenvalue weighted by atomic mass is 35.5. The Morgan fingerprint density at radius 1 is 1.22 bits per heavy atom. The molecule has 0 aliphatic carbocycles. The summed E-state index contributed by atoms with van der Waals surface area (Å²) in [6, 6.07) is 11.3. The predicted molar refractivity (Wildman–Crippen MR) is 91.7 cm³/mol. The van der Waals surface area contributed by atoms with Crippen LogP contribution in [0.1, 0.15) is 15.4 Å². The molecule has 1 amide bonds. The van der Waals surface area contributed by atoms with Crippen molar-refractivity contribution in [2.45, 2.75) is 6.92 Å². The minimum Gasteiger partial charge on any atom is -0.322 e. The number of carbonyl (C=O) groups is 1. The van der Waals surface area contributed by atoms with Gasteiger partial charge in [0.15, 0.2) is 0 Å². The Balaban J connectivity index is 1.79. The van der Waals surface area contributed by atoms with Crippen molar-refractivity contribution in [3.63, 3.8) is 0 Å². The summed E-state index contributed by atoms with van der Waals surface area (Å²) in [4.78, 5) is 16.6. The van der Waals surface area contributed by atoms with E-state index in [1.54, 1.807) is 23.5 Å². The number of rotatable bonds is 3. The van der Waals surface area contributed by atoms with Crippen molar-refractivity contribution >= 4 is 34.5 Å². The van der Waals surface area contributed by atoms with Gasteiger partial charge in [-0.3, -0.25) is 4.79 Å². The Bertz CT molecular complexity index is 841. The smallest absolute Gasteiger partial charge is 0.260 e. The van der Waals surface area contributed by atoms with Crippen LogP contribution in [0, 0.1) is 12.7 Å². The second-order valence-electron chi connectivity index (χ2n) is 4.88. The first-order chi connectivity index (χ1) is 11.0. The molecular formula is C17H12ClFN2OS. The molecule has 3 rings (SSSR count). The molecule has 0 aliphatic heterocycles. The maximum absolute atomic E-state index is 13.7. The summed E-state index contributed by atoms with van der Waals surface area (Å²) in [7, 11) is 0. The summed E-state index contributed by atoms with van der Waals surface area (Å²) < 4.78 is 13.7. The normalized spacial score (nSPS) is 10.6. The number of hydrogen-bond donors (Lipinski definition) is 1. The number of aromatic nitrogens is 1. The van der Waals surface area contributed by atoms with Gasteiger partial charge in [-0.05, 0) is 31.2 Å². The number of aryl methyl sites for hydroxylation is 1. The summed E-state index contributed by atoms with van der Waals surface area (Å²) in [5, 5.41) is 5.69. The van der Waals surface area contributed by atoms with Crippen LogP contribution < -0.4 is 5.32 Å². The van der Waals surface area contributed by atoms with E-state index in [-0.39, 0.29) is 10.6 Å². The maximum Gasteiger partial charge on any atom is 0.260 e. The lowest BCUT2D eigenvalue weighted by Gasteiger charge is -2.08. The van der Waals surface area contributed by atoms with Crippen molar-refractivity contribution in [2.75, 3.05) is 5.32 Å². The van der Waals surface area contributed by atoms with Crippen LogP contribution in [0.4, 0.5) is 10.1 Å². The fourth-order valence-electron chi connectivity index (χ4n) is 2.13. The average molecular weight is 347 g/mol. The largest absolute Gasteiger partial charge is 0.322 e. The van der Waals surface area contributed by atoms with Gasteiger partial charge in [-0.25, -0.2) is 9.37 Å². The molecule has 0 bridgehead atoms. The molecule has 0 atom stereocenters. The average Bonchev–Trinajstić information content (AvgIpc) is 2.94. The lowest BCUT2D eigenvalue weighted by molar-refractivity contribution is 0.102. The number of hydrogen-bond acceptors (Lipinski definition) is 3. The van der Waals surface area contributed by atoms with E-state index in [1.165, 1.54) is 18.2 Å². The zero-order valence-corrected chi connectivity index (χ0v) is 13.7. The molecule has 3 nitrogen and oxygen atoms in total. The van der Waals surface area contributed by atoms with Gasteiger partial charge in [0, 0.05) is 16.6 Å². The molecule has 2 aromatic carbocycles. The van der Waals surface area contributed by atoms with E-state index < -0.39 is 11.7 Å². The van der Waals surface area contributed by atoms with Crippen LogP contribution in [-0.4, -0.2) is 10.9 Å². The van der Waals surface area contributed by atoms with Gasteiger partial charge >= 0.3 is 0 Å². The first-order valence-electron chi connectivity index (χ1n) is 6.82. The van der Waals surface area contributed by atoms with Gasteiger partial charge in [0.05, 0.1) is 21.3 Å². The Morgan fingerprint density at radius 3 is 2.57 bits per heavy atom. The van der Waals surface area contributed by atoms with E-state index >= 15 is 0 Å². The fourth-order valence-corrected chi connectivity index (χ4v) is 3.00. The number of amides is 1. The number of nitrogens with one attached hydrogen (secondary N) is 1. The van der Waals surface area contributed by atoms with Gasteiger partial charge in [-0.2, -0.15) is 0 Å². The Kier molecular flexibility index (Phi) is 4.41. The Hall–Kier alpha value is -2.24. The highest BCUT2D eigenvalue weighted by molar-refractivity contribution is 7.09. The summed E-state index contributed by atoms with van der Waals surface area (Å²) >= 11 is 7.47. The van der Waals surface area contributed by atoms with Crippen LogP contribution >= 0.6 is 22.9 Å². The van der Waals surface area contributed by atoms with Gasteiger partial charge in [-0.1, -0.05) is 29.8 Å². The molecule has 0 fully saturated rings. The summed E-state index contributed by atoms with van der Waals surface area (Å²) in [5.74, 6) is -1.23. The van der Waals surface area contributed by atoms with Crippen LogP contribution in [0.3, 0.4) is 0 Å². The molecule has 3 aromatic rings. The summed E-state index contributed by atoms with van der Waals surface area (Å²) in [5.41, 5.74) is 2.25. The van der Waals surface area contributed by atoms with E-state index in [9.17, 15) is 9.18 Å². The van der Waals surface area contributed by atoms with E-state index in [4.69, 9.17) is 11.6 Å². The molecule has 6 heteroatoms. The third-order valence-corrected chi connectivity index (χ3v) is 4.34. The third kappa shape index (κ3) is 3.41. The molecule has 0 saturated heterocycles. The quantitative estimate of drug-likeness (QED) is 0.711. The predicted octanol–water partition coefficient (Wildman–Crippen LogP) is 5.16. The topological polar surface area (TPSA) is 42.0 Å².